The SMILES string of the molecule is O=C(N[C@@H]1CCCNC1=O)c1cc(-c2ccc(Cl)cc2)n[nH]1. The number of H-pyrrole nitrogens is 1. The van der Waals surface area contributed by atoms with E-state index in [1.54, 1.807) is 18.2 Å². The van der Waals surface area contributed by atoms with E-state index in [0.29, 0.717) is 29.4 Å². The maximum atomic E-state index is 12.2. The van der Waals surface area contributed by atoms with E-state index < -0.39 is 6.04 Å². The van der Waals surface area contributed by atoms with Crippen molar-refractivity contribution in [2.24, 2.45) is 0 Å². The largest absolute Gasteiger partial charge is 0.354 e. The van der Waals surface area contributed by atoms with Crippen LogP contribution in [0.4, 0.5) is 0 Å². The summed E-state index contributed by atoms with van der Waals surface area (Å²) in [5, 5.41) is 12.9. The van der Waals surface area contributed by atoms with Crippen LogP contribution in [0.5, 0.6) is 0 Å². The molecule has 1 aromatic heterocycles. The Labute approximate surface area is 132 Å². The van der Waals surface area contributed by atoms with Gasteiger partial charge in [0.1, 0.15) is 11.7 Å². The first kappa shape index (κ1) is 14.6. The summed E-state index contributed by atoms with van der Waals surface area (Å²) in [6.07, 6.45) is 1.51. The smallest absolute Gasteiger partial charge is 0.269 e. The lowest BCUT2D eigenvalue weighted by molar-refractivity contribution is -0.124. The number of nitrogens with zero attached hydrogens (tertiary/aromatic N) is 1. The highest BCUT2D eigenvalue weighted by Crippen LogP contribution is 2.20. The average Bonchev–Trinajstić information content (AvgIpc) is 3.00. The zero-order valence-corrected chi connectivity index (χ0v) is 12.5. The third-order valence-electron chi connectivity index (χ3n) is 3.55. The van der Waals surface area contributed by atoms with Gasteiger partial charge in [-0.3, -0.25) is 14.7 Å². The molecule has 3 rings (SSSR count). The molecule has 1 aliphatic heterocycles. The molecule has 3 N–H and O–H groups in total. The third kappa shape index (κ3) is 3.12. The highest BCUT2D eigenvalue weighted by molar-refractivity contribution is 6.30. The van der Waals surface area contributed by atoms with Crippen molar-refractivity contribution in [1.82, 2.24) is 20.8 Å². The number of benzene rings is 1. The molecule has 0 spiro atoms. The van der Waals surface area contributed by atoms with E-state index in [4.69, 9.17) is 11.6 Å². The van der Waals surface area contributed by atoms with Gasteiger partial charge >= 0.3 is 0 Å². The lowest BCUT2D eigenvalue weighted by atomic mass is 10.1. The van der Waals surface area contributed by atoms with E-state index >= 15 is 0 Å². The predicted octanol–water partition coefficient (Wildman–Crippen LogP) is 1.74. The monoisotopic (exact) mass is 318 g/mol. The molecule has 1 atom stereocenters. The van der Waals surface area contributed by atoms with Crippen LogP contribution in [-0.2, 0) is 4.79 Å². The summed E-state index contributed by atoms with van der Waals surface area (Å²) in [6, 6.07) is 8.35. The fraction of sp³-hybridized carbons (Fsp3) is 0.267. The quantitative estimate of drug-likeness (QED) is 0.805. The number of piperidine rings is 1. The van der Waals surface area contributed by atoms with Crippen molar-refractivity contribution in [3.8, 4) is 11.3 Å². The number of aromatic amines is 1. The molecule has 0 saturated carbocycles. The molecule has 2 heterocycles. The van der Waals surface area contributed by atoms with Gasteiger partial charge in [-0.25, -0.2) is 0 Å². The molecule has 1 aliphatic rings. The minimum absolute atomic E-state index is 0.142. The summed E-state index contributed by atoms with van der Waals surface area (Å²) in [7, 11) is 0. The van der Waals surface area contributed by atoms with E-state index in [2.05, 4.69) is 20.8 Å². The molecule has 0 unspecified atom stereocenters. The van der Waals surface area contributed by atoms with Crippen LogP contribution in [0, 0.1) is 0 Å². The highest BCUT2D eigenvalue weighted by Gasteiger charge is 2.24. The van der Waals surface area contributed by atoms with Crippen molar-refractivity contribution < 1.29 is 9.59 Å². The van der Waals surface area contributed by atoms with Crippen molar-refractivity contribution in [2.75, 3.05) is 6.54 Å². The van der Waals surface area contributed by atoms with Gasteiger partial charge in [-0.05, 0) is 31.0 Å². The summed E-state index contributed by atoms with van der Waals surface area (Å²) >= 11 is 5.85. The zero-order valence-electron chi connectivity index (χ0n) is 11.7. The Morgan fingerprint density at radius 3 is 2.82 bits per heavy atom. The van der Waals surface area contributed by atoms with E-state index in [1.165, 1.54) is 0 Å². The van der Waals surface area contributed by atoms with Crippen LogP contribution in [0.1, 0.15) is 23.3 Å². The van der Waals surface area contributed by atoms with E-state index in [0.717, 1.165) is 12.0 Å². The molecular weight excluding hydrogens is 304 g/mol. The van der Waals surface area contributed by atoms with Crippen LogP contribution >= 0.6 is 11.6 Å². The second-order valence-corrected chi connectivity index (χ2v) is 5.57. The Hall–Kier alpha value is -2.34. The number of halogens is 1. The third-order valence-corrected chi connectivity index (χ3v) is 3.81. The number of rotatable bonds is 3. The molecule has 1 saturated heterocycles. The summed E-state index contributed by atoms with van der Waals surface area (Å²) in [5.41, 5.74) is 1.83. The molecule has 7 heteroatoms. The van der Waals surface area contributed by atoms with Crippen LogP contribution < -0.4 is 10.6 Å². The number of amides is 2. The van der Waals surface area contributed by atoms with Gasteiger partial charge in [0, 0.05) is 17.1 Å². The van der Waals surface area contributed by atoms with Crippen molar-refractivity contribution in [1.29, 1.82) is 0 Å². The van der Waals surface area contributed by atoms with Gasteiger partial charge in [-0.1, -0.05) is 23.7 Å². The molecule has 0 radical (unpaired) electrons. The molecule has 2 aromatic rings. The number of carbonyl (C=O) groups excluding carboxylic acids is 2. The van der Waals surface area contributed by atoms with E-state index in [9.17, 15) is 9.59 Å². The molecular formula is C15H15ClN4O2. The number of aromatic nitrogens is 2. The summed E-state index contributed by atoms with van der Waals surface area (Å²) in [4.78, 5) is 23.8. The molecule has 0 bridgehead atoms. The first-order chi connectivity index (χ1) is 10.6. The number of hydrogen-bond acceptors (Lipinski definition) is 3. The Morgan fingerprint density at radius 2 is 2.09 bits per heavy atom. The second kappa shape index (κ2) is 6.19. The van der Waals surface area contributed by atoms with E-state index in [1.807, 2.05) is 12.1 Å². The topological polar surface area (TPSA) is 86.9 Å². The van der Waals surface area contributed by atoms with Gasteiger partial charge in [0.05, 0.1) is 5.69 Å². The summed E-state index contributed by atoms with van der Waals surface area (Å²) < 4.78 is 0. The van der Waals surface area contributed by atoms with Crippen LogP contribution in [0.15, 0.2) is 30.3 Å². The first-order valence-corrected chi connectivity index (χ1v) is 7.41. The zero-order chi connectivity index (χ0) is 15.5. The molecule has 1 aromatic carbocycles. The maximum absolute atomic E-state index is 12.2. The van der Waals surface area contributed by atoms with Crippen LogP contribution in [0.25, 0.3) is 11.3 Å². The Kier molecular flexibility index (Phi) is 4.11. The van der Waals surface area contributed by atoms with Gasteiger partial charge in [0.2, 0.25) is 5.91 Å². The second-order valence-electron chi connectivity index (χ2n) is 5.13. The van der Waals surface area contributed by atoms with Gasteiger partial charge < -0.3 is 10.6 Å². The van der Waals surface area contributed by atoms with Gasteiger partial charge in [-0.2, -0.15) is 5.10 Å². The minimum Gasteiger partial charge on any atom is -0.354 e. The van der Waals surface area contributed by atoms with Gasteiger partial charge in [-0.15, -0.1) is 0 Å². The highest BCUT2D eigenvalue weighted by atomic mass is 35.5. The van der Waals surface area contributed by atoms with Gasteiger partial charge in [0.25, 0.3) is 5.91 Å². The normalized spacial score (nSPS) is 17.9. The molecule has 0 aliphatic carbocycles. The molecule has 6 nitrogen and oxygen atoms in total. The fourth-order valence-corrected chi connectivity index (χ4v) is 2.48. The Balaban J connectivity index is 1.71. The molecule has 114 valence electrons. The lowest BCUT2D eigenvalue weighted by Gasteiger charge is -2.22. The average molecular weight is 319 g/mol. The Morgan fingerprint density at radius 1 is 1.32 bits per heavy atom. The standard InChI is InChI=1S/C15H15ClN4O2/c16-10-5-3-9(4-6-10)12-8-13(20-19-12)15(22)18-11-2-1-7-17-14(11)21/h3-6,8,11H,1-2,7H2,(H,17,21)(H,18,22)(H,19,20)/t11-/m1/s1. The van der Waals surface area contributed by atoms with E-state index in [-0.39, 0.29) is 11.8 Å². The van der Waals surface area contributed by atoms with Crippen molar-refractivity contribution >= 4 is 23.4 Å². The predicted molar refractivity (Wildman–Crippen MR) is 82.5 cm³/mol. The maximum Gasteiger partial charge on any atom is 0.269 e. The first-order valence-electron chi connectivity index (χ1n) is 7.03. The number of hydrogen-bond donors (Lipinski definition) is 3. The lowest BCUT2D eigenvalue weighted by Crippen LogP contribution is -2.50. The molecule has 22 heavy (non-hydrogen) atoms. The fourth-order valence-electron chi connectivity index (χ4n) is 2.35. The minimum atomic E-state index is -0.483. The van der Waals surface area contributed by atoms with Crippen molar-refractivity contribution in [3.63, 3.8) is 0 Å². The number of carbonyl (C=O) groups is 2. The van der Waals surface area contributed by atoms with Crippen LogP contribution in [-0.4, -0.2) is 34.6 Å². The van der Waals surface area contributed by atoms with Crippen LogP contribution in [0.2, 0.25) is 5.02 Å². The summed E-state index contributed by atoms with van der Waals surface area (Å²) in [5.74, 6) is -0.480. The molecule has 2 amide bonds. The van der Waals surface area contributed by atoms with Crippen molar-refractivity contribution in [3.05, 3.63) is 41.0 Å². The summed E-state index contributed by atoms with van der Waals surface area (Å²) in [6.45, 7) is 0.663. The Bertz CT molecular complexity index is 696. The van der Waals surface area contributed by atoms with Crippen molar-refractivity contribution in [2.45, 2.75) is 18.9 Å². The van der Waals surface area contributed by atoms with Crippen LogP contribution in [0.3, 0.4) is 0 Å². The molecule has 1 fully saturated rings. The van der Waals surface area contributed by atoms with Gasteiger partial charge in [0.15, 0.2) is 0 Å². The number of nitrogens with one attached hydrogen (secondary N) is 3.